The number of anilines is 1. The van der Waals surface area contributed by atoms with Gasteiger partial charge in [-0.3, -0.25) is 9.59 Å². The Hall–Kier alpha value is -2.94. The van der Waals surface area contributed by atoms with Crippen LogP contribution < -0.4 is 16.0 Å². The normalized spacial score (nSPS) is 13.6. The van der Waals surface area contributed by atoms with Crippen molar-refractivity contribution in [3.8, 4) is 0 Å². The summed E-state index contributed by atoms with van der Waals surface area (Å²) in [6, 6.07) is 10.1. The van der Waals surface area contributed by atoms with E-state index in [2.05, 4.69) is 16.0 Å². The zero-order chi connectivity index (χ0) is 20.5. The molecular formula is C20H24N4O4S. The first kappa shape index (κ1) is 20.8. The monoisotopic (exact) mass is 416 g/mol. The maximum atomic E-state index is 12.3. The van der Waals surface area contributed by atoms with Crippen LogP contribution in [0.25, 0.3) is 0 Å². The van der Waals surface area contributed by atoms with Crippen molar-refractivity contribution in [3.05, 3.63) is 54.0 Å². The molecule has 0 spiro atoms. The van der Waals surface area contributed by atoms with Crippen LogP contribution >= 0.6 is 11.8 Å². The number of amides is 4. The number of carbonyl (C=O) groups is 3. The van der Waals surface area contributed by atoms with Gasteiger partial charge in [0.05, 0.1) is 12.7 Å². The summed E-state index contributed by atoms with van der Waals surface area (Å²) >= 11 is 1.87. The van der Waals surface area contributed by atoms with Gasteiger partial charge in [0.25, 0.3) is 5.91 Å². The number of hydrogen-bond donors (Lipinski definition) is 3. The predicted molar refractivity (Wildman–Crippen MR) is 112 cm³/mol. The zero-order valence-corrected chi connectivity index (χ0v) is 16.8. The molecule has 0 aliphatic carbocycles. The lowest BCUT2D eigenvalue weighted by Crippen LogP contribution is -2.38. The Balaban J connectivity index is 1.36. The third-order valence-corrected chi connectivity index (χ3v) is 5.31. The van der Waals surface area contributed by atoms with Gasteiger partial charge in [0.15, 0.2) is 5.76 Å². The van der Waals surface area contributed by atoms with E-state index in [9.17, 15) is 14.4 Å². The third kappa shape index (κ3) is 6.56. The summed E-state index contributed by atoms with van der Waals surface area (Å²) in [6.45, 7) is 2.18. The van der Waals surface area contributed by atoms with Crippen LogP contribution in [0, 0.1) is 0 Å². The summed E-state index contributed by atoms with van der Waals surface area (Å²) in [5.41, 5.74) is 1.55. The second kappa shape index (κ2) is 10.6. The molecule has 2 aromatic rings. The summed E-state index contributed by atoms with van der Waals surface area (Å²) < 4.78 is 4.98. The molecule has 1 saturated heterocycles. The van der Waals surface area contributed by atoms with Crippen LogP contribution in [-0.2, 0) is 11.2 Å². The molecule has 154 valence electrons. The molecule has 1 aromatic carbocycles. The number of urea groups is 1. The van der Waals surface area contributed by atoms with Gasteiger partial charge in [-0.2, -0.15) is 11.8 Å². The summed E-state index contributed by atoms with van der Waals surface area (Å²) in [5, 5.41) is 8.03. The van der Waals surface area contributed by atoms with Crippen molar-refractivity contribution in [2.75, 3.05) is 43.0 Å². The van der Waals surface area contributed by atoms with Gasteiger partial charge < -0.3 is 25.3 Å². The van der Waals surface area contributed by atoms with Crippen molar-refractivity contribution >= 4 is 35.3 Å². The molecule has 1 aliphatic heterocycles. The molecule has 3 N–H and O–H groups in total. The van der Waals surface area contributed by atoms with Crippen LogP contribution in [-0.4, -0.2) is 60.4 Å². The highest BCUT2D eigenvalue weighted by molar-refractivity contribution is 7.99. The number of thioether (sulfide) groups is 1. The second-order valence-electron chi connectivity index (χ2n) is 6.48. The van der Waals surface area contributed by atoms with E-state index in [1.165, 1.54) is 6.26 Å². The maximum absolute atomic E-state index is 12.3. The average Bonchev–Trinajstić information content (AvgIpc) is 3.28. The third-order valence-electron chi connectivity index (χ3n) is 4.37. The molecule has 1 aliphatic rings. The van der Waals surface area contributed by atoms with Crippen molar-refractivity contribution < 1.29 is 18.8 Å². The standard InChI is InChI=1S/C20H24N4O4S/c25-18(24-9-12-29-13-10-24)14-15-3-5-16(6-4-15)23-20(27)22-8-7-21-19(26)17-2-1-11-28-17/h1-6,11H,7-10,12-14H2,(H,21,26)(H2,22,23,27). The molecule has 8 nitrogen and oxygen atoms in total. The zero-order valence-electron chi connectivity index (χ0n) is 16.0. The SMILES string of the molecule is O=C(NCCNC(=O)c1ccco1)Nc1ccc(CC(=O)N2CCSCC2)cc1. The van der Waals surface area contributed by atoms with Gasteiger partial charge in [0.1, 0.15) is 0 Å². The van der Waals surface area contributed by atoms with Crippen molar-refractivity contribution in [2.45, 2.75) is 6.42 Å². The van der Waals surface area contributed by atoms with Gasteiger partial charge in [0, 0.05) is 43.4 Å². The van der Waals surface area contributed by atoms with E-state index in [1.54, 1.807) is 24.3 Å². The second-order valence-corrected chi connectivity index (χ2v) is 7.71. The summed E-state index contributed by atoms with van der Waals surface area (Å²) in [5.74, 6) is 2.03. The van der Waals surface area contributed by atoms with Crippen LogP contribution in [0.3, 0.4) is 0 Å². The van der Waals surface area contributed by atoms with Crippen LogP contribution in [0.5, 0.6) is 0 Å². The fourth-order valence-corrected chi connectivity index (χ4v) is 3.73. The Morgan fingerprint density at radius 2 is 1.72 bits per heavy atom. The van der Waals surface area contributed by atoms with E-state index in [0.29, 0.717) is 12.1 Å². The summed E-state index contributed by atoms with van der Waals surface area (Å²) in [4.78, 5) is 37.8. The lowest BCUT2D eigenvalue weighted by atomic mass is 10.1. The Labute approximate surface area is 173 Å². The first-order valence-corrected chi connectivity index (χ1v) is 10.6. The van der Waals surface area contributed by atoms with Crippen LogP contribution in [0.1, 0.15) is 16.1 Å². The Kier molecular flexibility index (Phi) is 7.57. The number of nitrogens with one attached hydrogen (secondary N) is 3. The van der Waals surface area contributed by atoms with Crippen LogP contribution in [0.15, 0.2) is 47.1 Å². The van der Waals surface area contributed by atoms with Gasteiger partial charge >= 0.3 is 6.03 Å². The van der Waals surface area contributed by atoms with E-state index in [-0.39, 0.29) is 36.7 Å². The number of furan rings is 1. The lowest BCUT2D eigenvalue weighted by Gasteiger charge is -2.26. The number of benzene rings is 1. The molecule has 1 aromatic heterocycles. The van der Waals surface area contributed by atoms with Crippen molar-refractivity contribution in [2.24, 2.45) is 0 Å². The van der Waals surface area contributed by atoms with Gasteiger partial charge in [-0.25, -0.2) is 4.79 Å². The minimum atomic E-state index is -0.369. The molecule has 4 amide bonds. The van der Waals surface area contributed by atoms with E-state index in [0.717, 1.165) is 30.2 Å². The van der Waals surface area contributed by atoms with Crippen molar-refractivity contribution in [3.63, 3.8) is 0 Å². The summed E-state index contributed by atoms with van der Waals surface area (Å²) in [6.07, 6.45) is 1.79. The molecule has 1 fully saturated rings. The largest absolute Gasteiger partial charge is 0.459 e. The van der Waals surface area contributed by atoms with Gasteiger partial charge in [0.2, 0.25) is 5.91 Å². The molecule has 0 saturated carbocycles. The maximum Gasteiger partial charge on any atom is 0.319 e. The fraction of sp³-hybridized carbons (Fsp3) is 0.350. The number of carbonyl (C=O) groups excluding carboxylic acids is 3. The Morgan fingerprint density at radius 3 is 2.41 bits per heavy atom. The van der Waals surface area contributed by atoms with Gasteiger partial charge in [-0.1, -0.05) is 12.1 Å². The first-order chi connectivity index (χ1) is 14.1. The van der Waals surface area contributed by atoms with Crippen molar-refractivity contribution in [1.29, 1.82) is 0 Å². The smallest absolute Gasteiger partial charge is 0.319 e. The summed E-state index contributed by atoms with van der Waals surface area (Å²) in [7, 11) is 0. The molecule has 0 atom stereocenters. The minimum absolute atomic E-state index is 0.139. The van der Waals surface area contributed by atoms with Crippen molar-refractivity contribution in [1.82, 2.24) is 15.5 Å². The van der Waals surface area contributed by atoms with E-state index >= 15 is 0 Å². The predicted octanol–water partition coefficient (Wildman–Crippen LogP) is 1.95. The number of hydrogen-bond acceptors (Lipinski definition) is 5. The van der Waals surface area contributed by atoms with E-state index in [4.69, 9.17) is 4.42 Å². The molecule has 0 radical (unpaired) electrons. The van der Waals surface area contributed by atoms with Gasteiger partial charge in [-0.15, -0.1) is 0 Å². The molecular weight excluding hydrogens is 392 g/mol. The number of rotatable bonds is 7. The highest BCUT2D eigenvalue weighted by Gasteiger charge is 2.16. The quantitative estimate of drug-likeness (QED) is 0.599. The topological polar surface area (TPSA) is 104 Å². The molecule has 29 heavy (non-hydrogen) atoms. The lowest BCUT2D eigenvalue weighted by molar-refractivity contribution is -0.130. The number of nitrogens with zero attached hydrogens (tertiary/aromatic N) is 1. The van der Waals surface area contributed by atoms with Crippen LogP contribution in [0.2, 0.25) is 0 Å². The first-order valence-electron chi connectivity index (χ1n) is 9.43. The molecule has 0 unspecified atom stereocenters. The minimum Gasteiger partial charge on any atom is -0.459 e. The highest BCUT2D eigenvalue weighted by Crippen LogP contribution is 2.13. The molecule has 9 heteroatoms. The van der Waals surface area contributed by atoms with Crippen LogP contribution in [0.4, 0.5) is 10.5 Å². The fourth-order valence-electron chi connectivity index (χ4n) is 2.83. The highest BCUT2D eigenvalue weighted by atomic mass is 32.2. The molecule has 2 heterocycles. The molecule has 0 bridgehead atoms. The van der Waals surface area contributed by atoms with E-state index in [1.807, 2.05) is 28.8 Å². The average molecular weight is 417 g/mol. The Morgan fingerprint density at radius 1 is 1.00 bits per heavy atom. The molecule has 3 rings (SSSR count). The van der Waals surface area contributed by atoms with E-state index < -0.39 is 0 Å². The van der Waals surface area contributed by atoms with Gasteiger partial charge in [-0.05, 0) is 29.8 Å². The Bertz CT molecular complexity index is 818.